The average molecular weight is 266 g/mol. The lowest BCUT2D eigenvalue weighted by Crippen LogP contribution is -2.17. The minimum absolute atomic E-state index is 0.0123. The van der Waals surface area contributed by atoms with Crippen molar-refractivity contribution in [2.24, 2.45) is 0 Å². The molecule has 19 heavy (non-hydrogen) atoms. The van der Waals surface area contributed by atoms with Crippen LogP contribution in [-0.4, -0.2) is 10.9 Å². The fourth-order valence-corrected chi connectivity index (χ4v) is 1.53. The van der Waals surface area contributed by atoms with E-state index in [1.165, 1.54) is 18.2 Å². The predicted molar refractivity (Wildman–Crippen MR) is 62.9 cm³/mol. The van der Waals surface area contributed by atoms with Gasteiger partial charge in [-0.3, -0.25) is 4.79 Å². The number of nitrogens with one attached hydrogen (secondary N) is 1. The maximum absolute atomic E-state index is 13.3. The minimum Gasteiger partial charge on any atom is -0.310 e. The number of pyridine rings is 1. The van der Waals surface area contributed by atoms with Gasteiger partial charge >= 0.3 is 0 Å². The molecular formula is C13H9F3N2O. The number of anilines is 1. The van der Waals surface area contributed by atoms with Gasteiger partial charge in [-0.2, -0.15) is 4.39 Å². The Kier molecular flexibility index (Phi) is 3.79. The Morgan fingerprint density at radius 1 is 1.05 bits per heavy atom. The fourth-order valence-electron chi connectivity index (χ4n) is 1.53. The summed E-state index contributed by atoms with van der Waals surface area (Å²) in [6.07, 6.45) is -0.489. The number of hydrogen-bond acceptors (Lipinski definition) is 2. The monoisotopic (exact) mass is 266 g/mol. The van der Waals surface area contributed by atoms with Crippen LogP contribution in [0.1, 0.15) is 5.56 Å². The van der Waals surface area contributed by atoms with E-state index in [1.54, 1.807) is 0 Å². The van der Waals surface area contributed by atoms with Crippen LogP contribution in [0.25, 0.3) is 0 Å². The van der Waals surface area contributed by atoms with E-state index < -0.39 is 29.9 Å². The summed E-state index contributed by atoms with van der Waals surface area (Å²) in [4.78, 5) is 15.0. The van der Waals surface area contributed by atoms with Crippen LogP contribution in [-0.2, 0) is 11.2 Å². The molecule has 1 heterocycles. The smallest absolute Gasteiger partial charge is 0.230 e. The van der Waals surface area contributed by atoms with Gasteiger partial charge in [0, 0.05) is 5.56 Å². The van der Waals surface area contributed by atoms with Crippen LogP contribution in [0.15, 0.2) is 36.4 Å². The molecule has 2 aromatic rings. The average Bonchev–Trinajstić information content (AvgIpc) is 2.34. The molecule has 0 bridgehead atoms. The van der Waals surface area contributed by atoms with Gasteiger partial charge in [0.1, 0.15) is 17.5 Å². The molecule has 1 amide bonds. The molecule has 0 aliphatic heterocycles. The van der Waals surface area contributed by atoms with Gasteiger partial charge in [-0.15, -0.1) is 0 Å². The van der Waals surface area contributed by atoms with Crippen LogP contribution in [0, 0.1) is 17.6 Å². The number of carbonyl (C=O) groups excluding carboxylic acids is 1. The zero-order valence-corrected chi connectivity index (χ0v) is 9.66. The molecule has 0 spiro atoms. The highest BCUT2D eigenvalue weighted by Gasteiger charge is 2.13. The molecule has 0 radical (unpaired) electrons. The van der Waals surface area contributed by atoms with Crippen molar-refractivity contribution in [3.05, 3.63) is 59.5 Å². The van der Waals surface area contributed by atoms with Gasteiger partial charge in [0.15, 0.2) is 0 Å². The van der Waals surface area contributed by atoms with E-state index in [0.717, 1.165) is 18.2 Å². The predicted octanol–water partition coefficient (Wildman–Crippen LogP) is 2.68. The van der Waals surface area contributed by atoms with Crippen LogP contribution in [0.4, 0.5) is 19.0 Å². The lowest BCUT2D eigenvalue weighted by molar-refractivity contribution is -0.115. The normalized spacial score (nSPS) is 10.3. The van der Waals surface area contributed by atoms with Gasteiger partial charge < -0.3 is 5.32 Å². The molecule has 6 heteroatoms. The summed E-state index contributed by atoms with van der Waals surface area (Å²) < 4.78 is 39.4. The highest BCUT2D eigenvalue weighted by atomic mass is 19.1. The van der Waals surface area contributed by atoms with Gasteiger partial charge in [0.2, 0.25) is 11.9 Å². The zero-order valence-electron chi connectivity index (χ0n) is 9.66. The number of hydrogen-bond donors (Lipinski definition) is 1. The van der Waals surface area contributed by atoms with Crippen LogP contribution in [0.2, 0.25) is 0 Å². The molecule has 0 saturated heterocycles. The van der Waals surface area contributed by atoms with Crippen molar-refractivity contribution in [2.75, 3.05) is 5.32 Å². The Labute approximate surface area is 107 Å². The van der Waals surface area contributed by atoms with Crippen molar-refractivity contribution in [1.29, 1.82) is 0 Å². The van der Waals surface area contributed by atoms with Crippen molar-refractivity contribution < 1.29 is 18.0 Å². The van der Waals surface area contributed by atoms with Crippen LogP contribution in [0.3, 0.4) is 0 Å². The Morgan fingerprint density at radius 2 is 1.68 bits per heavy atom. The second-order valence-corrected chi connectivity index (χ2v) is 3.77. The summed E-state index contributed by atoms with van der Waals surface area (Å²) in [5.74, 6) is -3.05. The van der Waals surface area contributed by atoms with Crippen molar-refractivity contribution in [3.63, 3.8) is 0 Å². The molecule has 3 nitrogen and oxygen atoms in total. The van der Waals surface area contributed by atoms with Crippen LogP contribution >= 0.6 is 0 Å². The molecule has 0 saturated carbocycles. The van der Waals surface area contributed by atoms with Crippen molar-refractivity contribution in [3.8, 4) is 0 Å². The van der Waals surface area contributed by atoms with Gasteiger partial charge in [0.25, 0.3) is 0 Å². The van der Waals surface area contributed by atoms with Gasteiger partial charge in [-0.05, 0) is 24.3 Å². The van der Waals surface area contributed by atoms with E-state index in [-0.39, 0.29) is 11.4 Å². The largest absolute Gasteiger partial charge is 0.310 e. The number of rotatable bonds is 3. The summed E-state index contributed by atoms with van der Waals surface area (Å²) in [5, 5.41) is 2.26. The second-order valence-electron chi connectivity index (χ2n) is 3.77. The molecule has 98 valence electrons. The molecule has 0 aliphatic carbocycles. The summed E-state index contributed by atoms with van der Waals surface area (Å²) >= 11 is 0. The molecule has 0 aliphatic rings. The third-order valence-corrected chi connectivity index (χ3v) is 2.38. The number of halogens is 3. The zero-order chi connectivity index (χ0) is 13.8. The van der Waals surface area contributed by atoms with E-state index in [2.05, 4.69) is 10.3 Å². The van der Waals surface area contributed by atoms with Crippen molar-refractivity contribution >= 4 is 11.7 Å². The number of aromatic nitrogens is 1. The van der Waals surface area contributed by atoms with Crippen molar-refractivity contribution in [2.45, 2.75) is 6.42 Å². The topological polar surface area (TPSA) is 42.0 Å². The van der Waals surface area contributed by atoms with E-state index in [1.807, 2.05) is 0 Å². The lowest BCUT2D eigenvalue weighted by Gasteiger charge is -2.06. The van der Waals surface area contributed by atoms with E-state index in [9.17, 15) is 18.0 Å². The molecule has 1 aromatic carbocycles. The first-order valence-electron chi connectivity index (χ1n) is 5.41. The Bertz CT molecular complexity index is 596. The maximum Gasteiger partial charge on any atom is 0.230 e. The summed E-state index contributed by atoms with van der Waals surface area (Å²) in [5.41, 5.74) is -0.337. The Balaban J connectivity index is 2.10. The van der Waals surface area contributed by atoms with E-state index in [4.69, 9.17) is 0 Å². The van der Waals surface area contributed by atoms with Crippen LogP contribution in [0.5, 0.6) is 0 Å². The van der Waals surface area contributed by atoms with Gasteiger partial charge in [0.05, 0.1) is 6.42 Å². The molecule has 1 aromatic heterocycles. The fraction of sp³-hybridized carbons (Fsp3) is 0.0769. The summed E-state index contributed by atoms with van der Waals surface area (Å²) in [6.45, 7) is 0. The Hall–Kier alpha value is -2.37. The Morgan fingerprint density at radius 3 is 2.32 bits per heavy atom. The lowest BCUT2D eigenvalue weighted by atomic mass is 10.1. The molecule has 0 unspecified atom stereocenters. The SMILES string of the molecule is O=C(Cc1c(F)cccc1F)Nc1cccc(F)n1. The first-order chi connectivity index (χ1) is 9.06. The summed E-state index contributed by atoms with van der Waals surface area (Å²) in [7, 11) is 0. The highest BCUT2D eigenvalue weighted by molar-refractivity contribution is 5.91. The number of benzene rings is 1. The standard InChI is InChI=1S/C13H9F3N2O/c14-9-3-1-4-10(15)8(9)7-13(19)18-12-6-2-5-11(16)17-12/h1-6H,7H2,(H,17,18,19). The number of nitrogens with zero attached hydrogens (tertiary/aromatic N) is 1. The van der Waals surface area contributed by atoms with Crippen LogP contribution < -0.4 is 5.32 Å². The summed E-state index contributed by atoms with van der Waals surface area (Å²) in [6, 6.07) is 7.19. The molecule has 0 fully saturated rings. The third-order valence-electron chi connectivity index (χ3n) is 2.38. The molecule has 1 N–H and O–H groups in total. The first-order valence-corrected chi connectivity index (χ1v) is 5.41. The highest BCUT2D eigenvalue weighted by Crippen LogP contribution is 2.13. The van der Waals surface area contributed by atoms with Gasteiger partial charge in [-0.1, -0.05) is 12.1 Å². The van der Waals surface area contributed by atoms with E-state index >= 15 is 0 Å². The molecule has 2 rings (SSSR count). The number of amides is 1. The minimum atomic E-state index is -0.803. The van der Waals surface area contributed by atoms with E-state index in [0.29, 0.717) is 0 Å². The second kappa shape index (κ2) is 5.51. The molecular weight excluding hydrogens is 257 g/mol. The molecule has 0 atom stereocenters. The maximum atomic E-state index is 13.3. The van der Waals surface area contributed by atoms with Crippen molar-refractivity contribution in [1.82, 2.24) is 4.98 Å². The number of carbonyl (C=O) groups is 1. The quantitative estimate of drug-likeness (QED) is 0.868. The third kappa shape index (κ3) is 3.31. The van der Waals surface area contributed by atoms with Gasteiger partial charge in [-0.25, -0.2) is 13.8 Å². The first kappa shape index (κ1) is 13.1.